The molecule has 0 bridgehead atoms. The first-order valence-electron chi connectivity index (χ1n) is 6.58. The molecule has 100 valence electrons. The first-order chi connectivity index (χ1) is 8.59. The van der Waals surface area contributed by atoms with E-state index in [9.17, 15) is 0 Å². The van der Waals surface area contributed by atoms with Gasteiger partial charge in [-0.15, -0.1) is 0 Å². The first-order valence-corrected chi connectivity index (χ1v) is 6.58. The van der Waals surface area contributed by atoms with Gasteiger partial charge in [0.15, 0.2) is 0 Å². The van der Waals surface area contributed by atoms with Crippen molar-refractivity contribution in [3.05, 3.63) is 12.3 Å². The molecule has 2 unspecified atom stereocenters. The van der Waals surface area contributed by atoms with Crippen molar-refractivity contribution < 1.29 is 0 Å². The monoisotopic (exact) mass is 249 g/mol. The first kappa shape index (κ1) is 13.1. The topological polar surface area (TPSA) is 58.3 Å². The molecule has 0 radical (unpaired) electrons. The Labute approximate surface area is 109 Å². The van der Waals surface area contributed by atoms with Gasteiger partial charge in [-0.3, -0.25) is 0 Å². The lowest BCUT2D eigenvalue weighted by Crippen LogP contribution is -2.48. The Morgan fingerprint density at radius 2 is 1.94 bits per heavy atom. The maximum Gasteiger partial charge on any atom is 0.226 e. The van der Waals surface area contributed by atoms with Crippen LogP contribution in [0.15, 0.2) is 12.3 Å². The van der Waals surface area contributed by atoms with Crippen molar-refractivity contribution in [2.75, 3.05) is 30.9 Å². The standard InChI is InChI=1S/C13H23N5/c1-17(2)13-15-9-8-12(16-13)18(3)11-7-5-4-6-10(11)14/h8-11H,4-7,14H2,1-3H3. The van der Waals surface area contributed by atoms with E-state index in [1.807, 2.05) is 31.3 Å². The van der Waals surface area contributed by atoms with E-state index in [0.29, 0.717) is 6.04 Å². The highest BCUT2D eigenvalue weighted by Gasteiger charge is 2.26. The van der Waals surface area contributed by atoms with Gasteiger partial charge in [-0.2, -0.15) is 4.98 Å². The third-order valence-electron chi connectivity index (χ3n) is 3.67. The Bertz CT molecular complexity index is 393. The maximum absolute atomic E-state index is 6.22. The van der Waals surface area contributed by atoms with E-state index in [0.717, 1.165) is 24.6 Å². The molecule has 2 atom stereocenters. The van der Waals surface area contributed by atoms with Gasteiger partial charge in [0.25, 0.3) is 0 Å². The molecule has 1 aromatic heterocycles. The number of aromatic nitrogens is 2. The summed E-state index contributed by atoms with van der Waals surface area (Å²) in [4.78, 5) is 12.9. The molecule has 0 aromatic carbocycles. The maximum atomic E-state index is 6.22. The predicted octanol–water partition coefficient (Wildman–Crippen LogP) is 1.25. The summed E-state index contributed by atoms with van der Waals surface area (Å²) in [5.74, 6) is 1.69. The average molecular weight is 249 g/mol. The number of hydrogen-bond donors (Lipinski definition) is 1. The molecule has 1 aromatic rings. The van der Waals surface area contributed by atoms with E-state index >= 15 is 0 Å². The van der Waals surface area contributed by atoms with Crippen LogP contribution in [0.2, 0.25) is 0 Å². The van der Waals surface area contributed by atoms with Gasteiger partial charge in [0, 0.05) is 39.4 Å². The van der Waals surface area contributed by atoms with Crippen LogP contribution in [0.1, 0.15) is 25.7 Å². The molecule has 0 saturated heterocycles. The summed E-state index contributed by atoms with van der Waals surface area (Å²) in [7, 11) is 5.98. The highest BCUT2D eigenvalue weighted by Crippen LogP contribution is 2.24. The normalized spacial score (nSPS) is 23.8. The molecule has 0 amide bonds. The quantitative estimate of drug-likeness (QED) is 0.873. The summed E-state index contributed by atoms with van der Waals surface area (Å²) in [6, 6.07) is 2.60. The molecule has 1 aliphatic carbocycles. The second-order valence-electron chi connectivity index (χ2n) is 5.24. The number of hydrogen-bond acceptors (Lipinski definition) is 5. The van der Waals surface area contributed by atoms with Gasteiger partial charge < -0.3 is 15.5 Å². The van der Waals surface area contributed by atoms with Gasteiger partial charge in [-0.25, -0.2) is 4.98 Å². The summed E-state index contributed by atoms with van der Waals surface area (Å²) in [5.41, 5.74) is 6.22. The van der Waals surface area contributed by atoms with Gasteiger partial charge in [0.05, 0.1) is 0 Å². The molecule has 18 heavy (non-hydrogen) atoms. The predicted molar refractivity (Wildman–Crippen MR) is 75.0 cm³/mol. The fourth-order valence-corrected chi connectivity index (χ4v) is 2.54. The van der Waals surface area contributed by atoms with E-state index in [2.05, 4.69) is 21.9 Å². The van der Waals surface area contributed by atoms with Gasteiger partial charge in [-0.05, 0) is 18.9 Å². The molecule has 2 N–H and O–H groups in total. The lowest BCUT2D eigenvalue weighted by molar-refractivity contribution is 0.372. The molecule has 0 aliphatic heterocycles. The molecule has 1 saturated carbocycles. The van der Waals surface area contributed by atoms with Crippen LogP contribution in [0.3, 0.4) is 0 Å². The fourth-order valence-electron chi connectivity index (χ4n) is 2.54. The minimum Gasteiger partial charge on any atom is -0.355 e. The zero-order chi connectivity index (χ0) is 13.1. The lowest BCUT2D eigenvalue weighted by Gasteiger charge is -2.36. The second kappa shape index (κ2) is 5.52. The Morgan fingerprint density at radius 3 is 2.61 bits per heavy atom. The molecule has 0 spiro atoms. The van der Waals surface area contributed by atoms with Crippen LogP contribution >= 0.6 is 0 Å². The van der Waals surface area contributed by atoms with Gasteiger partial charge in [-0.1, -0.05) is 12.8 Å². The van der Waals surface area contributed by atoms with Crippen molar-refractivity contribution in [1.82, 2.24) is 9.97 Å². The zero-order valence-electron chi connectivity index (χ0n) is 11.5. The Balaban J connectivity index is 2.16. The smallest absolute Gasteiger partial charge is 0.226 e. The molecule has 1 aliphatic rings. The van der Waals surface area contributed by atoms with E-state index < -0.39 is 0 Å². The minimum atomic E-state index is 0.251. The number of rotatable bonds is 3. The van der Waals surface area contributed by atoms with Crippen molar-refractivity contribution in [1.29, 1.82) is 0 Å². The van der Waals surface area contributed by atoms with Crippen molar-refractivity contribution in [3.8, 4) is 0 Å². The largest absolute Gasteiger partial charge is 0.355 e. The van der Waals surface area contributed by atoms with Gasteiger partial charge in [0.2, 0.25) is 5.95 Å². The van der Waals surface area contributed by atoms with Crippen molar-refractivity contribution >= 4 is 11.8 Å². The summed E-state index contributed by atoms with van der Waals surface area (Å²) in [6.45, 7) is 0. The van der Waals surface area contributed by atoms with Crippen LogP contribution in [-0.4, -0.2) is 43.2 Å². The van der Waals surface area contributed by atoms with Crippen LogP contribution in [-0.2, 0) is 0 Å². The number of likely N-dealkylation sites (N-methyl/N-ethyl adjacent to an activating group) is 1. The second-order valence-corrected chi connectivity index (χ2v) is 5.24. The Hall–Kier alpha value is -1.36. The van der Waals surface area contributed by atoms with Crippen LogP contribution in [0, 0.1) is 0 Å². The summed E-state index contributed by atoms with van der Waals surface area (Å²) >= 11 is 0. The van der Waals surface area contributed by atoms with Crippen LogP contribution in [0.5, 0.6) is 0 Å². The lowest BCUT2D eigenvalue weighted by atomic mass is 9.90. The van der Waals surface area contributed by atoms with Crippen molar-refractivity contribution in [3.63, 3.8) is 0 Å². The Morgan fingerprint density at radius 1 is 1.22 bits per heavy atom. The van der Waals surface area contributed by atoms with Gasteiger partial charge >= 0.3 is 0 Å². The number of nitrogens with two attached hydrogens (primary N) is 1. The van der Waals surface area contributed by atoms with E-state index in [1.54, 1.807) is 0 Å². The highest BCUT2D eigenvalue weighted by molar-refractivity contribution is 5.43. The SMILES string of the molecule is CN(C)c1nccc(N(C)C2CCCCC2N)n1. The summed E-state index contributed by atoms with van der Waals surface area (Å²) in [5, 5.41) is 0. The van der Waals surface area contributed by atoms with E-state index in [4.69, 9.17) is 5.73 Å². The van der Waals surface area contributed by atoms with Crippen molar-refractivity contribution in [2.24, 2.45) is 5.73 Å². The Kier molecular flexibility index (Phi) is 4.01. The fraction of sp³-hybridized carbons (Fsp3) is 0.692. The molecule has 5 heteroatoms. The van der Waals surface area contributed by atoms with Crippen LogP contribution < -0.4 is 15.5 Å². The molecular formula is C13H23N5. The average Bonchev–Trinajstić information content (AvgIpc) is 2.38. The third kappa shape index (κ3) is 2.72. The van der Waals surface area contributed by atoms with Crippen LogP contribution in [0.25, 0.3) is 0 Å². The number of nitrogens with zero attached hydrogens (tertiary/aromatic N) is 4. The minimum absolute atomic E-state index is 0.251. The van der Waals surface area contributed by atoms with Gasteiger partial charge in [0.1, 0.15) is 5.82 Å². The molecule has 5 nitrogen and oxygen atoms in total. The van der Waals surface area contributed by atoms with E-state index in [-0.39, 0.29) is 6.04 Å². The van der Waals surface area contributed by atoms with Crippen molar-refractivity contribution in [2.45, 2.75) is 37.8 Å². The summed E-state index contributed by atoms with van der Waals surface area (Å²) in [6.07, 6.45) is 6.58. The molecule has 2 rings (SSSR count). The highest BCUT2D eigenvalue weighted by atomic mass is 15.3. The third-order valence-corrected chi connectivity index (χ3v) is 3.67. The molecule has 1 fully saturated rings. The van der Waals surface area contributed by atoms with E-state index in [1.165, 1.54) is 12.8 Å². The summed E-state index contributed by atoms with van der Waals surface area (Å²) < 4.78 is 0. The molecular weight excluding hydrogens is 226 g/mol. The molecule has 1 heterocycles. The van der Waals surface area contributed by atoms with Crippen LogP contribution in [0.4, 0.5) is 11.8 Å². The zero-order valence-corrected chi connectivity index (χ0v) is 11.5. The number of anilines is 2.